The highest BCUT2D eigenvalue weighted by Gasteiger charge is 2.42. The van der Waals surface area contributed by atoms with E-state index in [1.54, 1.807) is 11.1 Å². The van der Waals surface area contributed by atoms with Crippen LogP contribution in [0.3, 0.4) is 0 Å². The molecule has 4 aliphatic carbocycles. The van der Waals surface area contributed by atoms with Gasteiger partial charge < -0.3 is 0 Å². The molecule has 0 heteroatoms. The van der Waals surface area contributed by atoms with Crippen LogP contribution in [0.1, 0.15) is 78.7 Å². The van der Waals surface area contributed by atoms with Crippen LogP contribution in [0.4, 0.5) is 0 Å². The summed E-state index contributed by atoms with van der Waals surface area (Å²) in [7, 11) is 0. The van der Waals surface area contributed by atoms with Crippen LogP contribution in [0.5, 0.6) is 0 Å². The van der Waals surface area contributed by atoms with Crippen molar-refractivity contribution in [3.8, 4) is 0 Å². The topological polar surface area (TPSA) is 0 Å². The lowest BCUT2D eigenvalue weighted by molar-refractivity contribution is 0.176. The summed E-state index contributed by atoms with van der Waals surface area (Å²) in [5.74, 6) is 3.06. The first kappa shape index (κ1) is 11.8. The van der Waals surface area contributed by atoms with Crippen LogP contribution in [0.2, 0.25) is 0 Å². The highest BCUT2D eigenvalue weighted by atomic mass is 14.5. The Kier molecular flexibility index (Phi) is 2.58. The van der Waals surface area contributed by atoms with Gasteiger partial charge in [-0.1, -0.05) is 12.5 Å². The summed E-state index contributed by atoms with van der Waals surface area (Å²) in [4.78, 5) is 0. The molecule has 0 aromatic heterocycles. The van der Waals surface area contributed by atoms with Crippen molar-refractivity contribution in [3.05, 3.63) is 33.9 Å². The van der Waals surface area contributed by atoms with Crippen molar-refractivity contribution in [2.24, 2.45) is 11.8 Å². The fraction of sp³-hybridized carbons (Fsp3) is 0.700. The van der Waals surface area contributed by atoms with Gasteiger partial charge >= 0.3 is 0 Å². The molecule has 0 aliphatic heterocycles. The van der Waals surface area contributed by atoms with Gasteiger partial charge in [-0.25, -0.2) is 0 Å². The molecule has 1 saturated carbocycles. The van der Waals surface area contributed by atoms with Gasteiger partial charge in [0.15, 0.2) is 0 Å². The van der Waals surface area contributed by atoms with E-state index in [0.29, 0.717) is 0 Å². The molecule has 5 rings (SSSR count). The van der Waals surface area contributed by atoms with Gasteiger partial charge in [0.25, 0.3) is 0 Å². The largest absolute Gasteiger partial charge is 0.0552 e. The fourth-order valence-electron chi connectivity index (χ4n) is 6.16. The summed E-state index contributed by atoms with van der Waals surface area (Å²) in [5, 5.41) is 0. The van der Waals surface area contributed by atoms with Gasteiger partial charge in [-0.05, 0) is 110 Å². The summed E-state index contributed by atoms with van der Waals surface area (Å²) in [5.41, 5.74) is 9.12. The summed E-state index contributed by atoms with van der Waals surface area (Å²) < 4.78 is 0. The highest BCUT2D eigenvalue weighted by molar-refractivity contribution is 5.52. The molecule has 0 amide bonds. The molecule has 0 radical (unpaired) electrons. The second-order valence-corrected chi connectivity index (χ2v) is 7.83. The lowest BCUT2D eigenvalue weighted by Gasteiger charge is -2.47. The lowest BCUT2D eigenvalue weighted by Crippen LogP contribution is -2.35. The number of hydrogen-bond donors (Lipinski definition) is 0. The monoisotopic (exact) mass is 266 g/mol. The van der Waals surface area contributed by atoms with Crippen molar-refractivity contribution < 1.29 is 0 Å². The number of benzene rings is 1. The van der Waals surface area contributed by atoms with Crippen molar-refractivity contribution in [2.45, 2.75) is 76.5 Å². The first-order valence-electron chi connectivity index (χ1n) is 9.08. The van der Waals surface area contributed by atoms with Crippen LogP contribution in [0.25, 0.3) is 0 Å². The Labute approximate surface area is 123 Å². The van der Waals surface area contributed by atoms with E-state index in [1.165, 1.54) is 70.6 Å². The molecule has 1 aromatic rings. The predicted molar refractivity (Wildman–Crippen MR) is 83.3 cm³/mol. The van der Waals surface area contributed by atoms with E-state index in [0.717, 1.165) is 17.8 Å². The molecular formula is C20H26. The maximum Gasteiger partial charge on any atom is -0.00995 e. The summed E-state index contributed by atoms with van der Waals surface area (Å²) in [6.07, 6.45) is 16.0. The lowest BCUT2D eigenvalue weighted by atomic mass is 9.57. The van der Waals surface area contributed by atoms with E-state index in [4.69, 9.17) is 0 Å². The third-order valence-corrected chi connectivity index (χ3v) is 6.94. The van der Waals surface area contributed by atoms with Gasteiger partial charge in [0.05, 0.1) is 0 Å². The van der Waals surface area contributed by atoms with Gasteiger partial charge in [0.1, 0.15) is 0 Å². The maximum absolute atomic E-state index is 2.65. The first-order chi connectivity index (χ1) is 9.92. The van der Waals surface area contributed by atoms with Gasteiger partial charge in [0.2, 0.25) is 0 Å². The third kappa shape index (κ3) is 1.54. The fourth-order valence-corrected chi connectivity index (χ4v) is 6.16. The Balaban J connectivity index is 1.72. The molecule has 0 bridgehead atoms. The summed E-state index contributed by atoms with van der Waals surface area (Å²) in [6.45, 7) is 0. The number of fused-ring (bicyclic) bond motifs is 2. The van der Waals surface area contributed by atoms with Crippen molar-refractivity contribution in [3.63, 3.8) is 0 Å². The Morgan fingerprint density at radius 1 is 0.650 bits per heavy atom. The van der Waals surface area contributed by atoms with E-state index in [1.807, 2.05) is 16.7 Å². The van der Waals surface area contributed by atoms with Crippen LogP contribution in [0.15, 0.2) is 6.07 Å². The minimum Gasteiger partial charge on any atom is -0.0552 e. The minimum absolute atomic E-state index is 0.975. The molecule has 3 atom stereocenters. The molecule has 1 fully saturated rings. The molecule has 0 saturated heterocycles. The molecule has 0 nitrogen and oxygen atoms in total. The van der Waals surface area contributed by atoms with Crippen molar-refractivity contribution in [1.29, 1.82) is 0 Å². The summed E-state index contributed by atoms with van der Waals surface area (Å²) >= 11 is 0. The van der Waals surface area contributed by atoms with Crippen LogP contribution < -0.4 is 0 Å². The molecule has 20 heavy (non-hydrogen) atoms. The third-order valence-electron chi connectivity index (χ3n) is 6.94. The van der Waals surface area contributed by atoms with E-state index >= 15 is 0 Å². The second-order valence-electron chi connectivity index (χ2n) is 7.83. The van der Waals surface area contributed by atoms with E-state index in [9.17, 15) is 0 Å². The molecule has 4 aliphatic rings. The zero-order chi connectivity index (χ0) is 13.1. The molecule has 3 unspecified atom stereocenters. The number of aryl methyl sites for hydroxylation is 2. The van der Waals surface area contributed by atoms with Crippen LogP contribution >= 0.6 is 0 Å². The zero-order valence-corrected chi connectivity index (χ0v) is 12.6. The van der Waals surface area contributed by atoms with E-state index in [2.05, 4.69) is 6.07 Å². The quantitative estimate of drug-likeness (QED) is 0.623. The van der Waals surface area contributed by atoms with Crippen molar-refractivity contribution in [1.82, 2.24) is 0 Å². The number of rotatable bonds is 0. The molecular weight excluding hydrogens is 240 g/mol. The zero-order valence-electron chi connectivity index (χ0n) is 12.6. The Hall–Kier alpha value is -0.780. The van der Waals surface area contributed by atoms with Crippen LogP contribution in [-0.2, 0) is 25.7 Å². The molecule has 106 valence electrons. The maximum atomic E-state index is 2.65. The molecule has 0 heterocycles. The molecule has 0 spiro atoms. The second kappa shape index (κ2) is 4.36. The highest BCUT2D eigenvalue weighted by Crippen LogP contribution is 2.54. The van der Waals surface area contributed by atoms with E-state index < -0.39 is 0 Å². The van der Waals surface area contributed by atoms with E-state index in [-0.39, 0.29) is 0 Å². The predicted octanol–water partition coefficient (Wildman–Crippen LogP) is 4.96. The van der Waals surface area contributed by atoms with Crippen molar-refractivity contribution >= 4 is 0 Å². The van der Waals surface area contributed by atoms with Crippen LogP contribution in [0, 0.1) is 11.8 Å². The minimum atomic E-state index is 0.975. The average molecular weight is 266 g/mol. The standard InChI is InChI=1S/C20H26/c1-2-7-17-15(4-1)12-16-9-8-13-5-3-6-14-10-11-18(17)20(16)19(13)14/h12-14,19H,1-11H2. The molecule has 0 N–H and O–H groups in total. The van der Waals surface area contributed by atoms with Crippen LogP contribution in [-0.4, -0.2) is 0 Å². The van der Waals surface area contributed by atoms with Gasteiger partial charge in [-0.3, -0.25) is 0 Å². The Morgan fingerprint density at radius 3 is 2.35 bits per heavy atom. The van der Waals surface area contributed by atoms with Gasteiger partial charge in [-0.2, -0.15) is 0 Å². The normalized spacial score (nSPS) is 34.3. The average Bonchev–Trinajstić information content (AvgIpc) is 2.52. The Morgan fingerprint density at radius 2 is 1.45 bits per heavy atom. The first-order valence-corrected chi connectivity index (χ1v) is 9.08. The SMILES string of the molecule is c1c2c(c3c4c1CCC1CCCC(CC3)C41)CCCC2. The van der Waals surface area contributed by atoms with Gasteiger partial charge in [0, 0.05) is 0 Å². The smallest absolute Gasteiger partial charge is 0.00995 e. The molecule has 1 aromatic carbocycles. The number of hydrogen-bond acceptors (Lipinski definition) is 0. The van der Waals surface area contributed by atoms with Crippen molar-refractivity contribution in [2.75, 3.05) is 0 Å². The Bertz CT molecular complexity index is 548. The summed E-state index contributed by atoms with van der Waals surface area (Å²) in [6, 6.07) is 2.65. The van der Waals surface area contributed by atoms with Gasteiger partial charge in [-0.15, -0.1) is 0 Å².